The van der Waals surface area contributed by atoms with Crippen LogP contribution in [0, 0.1) is 0 Å². The molecule has 0 fully saturated rings. The molecule has 0 bridgehead atoms. The summed E-state index contributed by atoms with van der Waals surface area (Å²) in [7, 11) is 0. The molecule has 53 heavy (non-hydrogen) atoms. The van der Waals surface area contributed by atoms with Gasteiger partial charge in [0.15, 0.2) is 0 Å². The molecule has 1 amide bonds. The van der Waals surface area contributed by atoms with Crippen molar-refractivity contribution in [1.82, 2.24) is 5.32 Å². The number of allylic oxidation sites excluding steroid dienone is 5. The second kappa shape index (κ2) is 43.3. The maximum Gasteiger partial charge on any atom is 0.222 e. The summed E-state index contributed by atoms with van der Waals surface area (Å²) in [5.41, 5.74) is 0. The van der Waals surface area contributed by atoms with Crippen molar-refractivity contribution in [3.8, 4) is 0 Å². The molecule has 0 saturated carbocycles. The third kappa shape index (κ3) is 40.1. The van der Waals surface area contributed by atoms with E-state index in [1.807, 2.05) is 6.08 Å². The van der Waals surface area contributed by atoms with Crippen LogP contribution in [0.1, 0.15) is 239 Å². The Morgan fingerprint density at radius 2 is 0.811 bits per heavy atom. The van der Waals surface area contributed by atoms with Crippen molar-refractivity contribution in [3.05, 3.63) is 36.5 Å². The summed E-state index contributed by atoms with van der Waals surface area (Å²) in [6.45, 7) is 4.17. The van der Waals surface area contributed by atoms with E-state index in [1.165, 1.54) is 173 Å². The Morgan fingerprint density at radius 1 is 0.472 bits per heavy atom. The smallest absolute Gasteiger partial charge is 0.222 e. The first kappa shape index (κ1) is 51.6. The van der Waals surface area contributed by atoms with E-state index in [9.17, 15) is 20.1 Å². The normalized spacial score (nSPS) is 13.8. The second-order valence-electron chi connectivity index (χ2n) is 16.0. The lowest BCUT2D eigenvalue weighted by atomic mass is 10.0. The highest BCUT2D eigenvalue weighted by Gasteiger charge is 2.20. The van der Waals surface area contributed by atoms with Gasteiger partial charge in [-0.05, 0) is 44.9 Å². The molecule has 0 aromatic heterocycles. The van der Waals surface area contributed by atoms with E-state index in [4.69, 9.17) is 0 Å². The number of rotatable bonds is 42. The Bertz CT molecular complexity index is 824. The minimum absolute atomic E-state index is 0.00502. The summed E-state index contributed by atoms with van der Waals surface area (Å²) in [6.07, 6.45) is 54.5. The van der Waals surface area contributed by atoms with E-state index >= 15 is 0 Å². The largest absolute Gasteiger partial charge is 0.394 e. The lowest BCUT2D eigenvalue weighted by Gasteiger charge is -2.21. The number of aliphatic hydroxyl groups is 3. The zero-order chi connectivity index (χ0) is 38.7. The van der Waals surface area contributed by atoms with Gasteiger partial charge in [0.1, 0.15) is 0 Å². The van der Waals surface area contributed by atoms with Gasteiger partial charge in [-0.3, -0.25) is 4.79 Å². The van der Waals surface area contributed by atoms with Crippen LogP contribution in [0.3, 0.4) is 0 Å². The quantitative estimate of drug-likeness (QED) is 0.0370. The van der Waals surface area contributed by atoms with Gasteiger partial charge in [0.2, 0.25) is 5.91 Å². The van der Waals surface area contributed by atoms with Crippen molar-refractivity contribution in [1.29, 1.82) is 0 Å². The Morgan fingerprint density at radius 3 is 1.21 bits per heavy atom. The van der Waals surface area contributed by atoms with E-state index < -0.39 is 18.2 Å². The van der Waals surface area contributed by atoms with E-state index in [-0.39, 0.29) is 18.9 Å². The van der Waals surface area contributed by atoms with Crippen molar-refractivity contribution >= 4 is 5.91 Å². The number of amides is 1. The Hall–Kier alpha value is -1.43. The number of carbonyl (C=O) groups excluding carboxylic acids is 1. The standard InChI is InChI=1S/C48H91NO4/c1-3-5-7-9-11-13-15-17-18-19-20-21-22-23-24-25-26-27-28-30-31-33-35-37-39-41-45(51)43-48(53)49-46(44-50)47(52)42-40-38-36-34-32-29-16-14-12-10-8-6-4-2/h12,14,32,34,40,42,45-47,50-52H,3-11,13,15-31,33,35-39,41,43-44H2,1-2H3,(H,49,53)/b14-12+,34-32+,42-40+. The van der Waals surface area contributed by atoms with E-state index in [0.29, 0.717) is 6.42 Å². The number of hydrogen-bond acceptors (Lipinski definition) is 4. The zero-order valence-corrected chi connectivity index (χ0v) is 35.4. The molecule has 312 valence electrons. The fourth-order valence-corrected chi connectivity index (χ4v) is 7.08. The summed E-state index contributed by atoms with van der Waals surface area (Å²) in [6, 6.07) is -0.764. The Kier molecular flexibility index (Phi) is 42.1. The van der Waals surface area contributed by atoms with Gasteiger partial charge in [0.25, 0.3) is 0 Å². The van der Waals surface area contributed by atoms with Crippen LogP contribution in [0.5, 0.6) is 0 Å². The third-order valence-electron chi connectivity index (χ3n) is 10.7. The Balaban J connectivity index is 3.59. The predicted octanol–water partition coefficient (Wildman–Crippen LogP) is 13.5. The van der Waals surface area contributed by atoms with Crippen LogP contribution < -0.4 is 5.32 Å². The molecule has 0 aliphatic rings. The summed E-state index contributed by atoms with van der Waals surface area (Å²) < 4.78 is 0. The van der Waals surface area contributed by atoms with Gasteiger partial charge in [-0.2, -0.15) is 0 Å². The molecule has 0 aromatic rings. The maximum absolute atomic E-state index is 12.4. The molecular weight excluding hydrogens is 655 g/mol. The number of unbranched alkanes of at least 4 members (excludes halogenated alkanes) is 29. The third-order valence-corrected chi connectivity index (χ3v) is 10.7. The zero-order valence-electron chi connectivity index (χ0n) is 35.4. The highest BCUT2D eigenvalue weighted by Crippen LogP contribution is 2.16. The summed E-state index contributed by atoms with van der Waals surface area (Å²) in [4.78, 5) is 12.4. The van der Waals surface area contributed by atoms with Crippen molar-refractivity contribution in [2.75, 3.05) is 6.61 Å². The van der Waals surface area contributed by atoms with Gasteiger partial charge in [0.05, 0.1) is 31.3 Å². The SMILES string of the molecule is CCCCC/C=C/CC/C=C/CC/C=C/C(O)C(CO)NC(=O)CC(O)CCCCCCCCCCCCCCCCCCCCCCCCCCC. The average molecular weight is 746 g/mol. The Labute approximate surface area is 330 Å². The lowest BCUT2D eigenvalue weighted by molar-refractivity contribution is -0.124. The second-order valence-corrected chi connectivity index (χ2v) is 16.0. The first-order valence-corrected chi connectivity index (χ1v) is 23.3. The van der Waals surface area contributed by atoms with Gasteiger partial charge in [0, 0.05) is 0 Å². The predicted molar refractivity (Wildman–Crippen MR) is 231 cm³/mol. The number of aliphatic hydroxyl groups excluding tert-OH is 3. The van der Waals surface area contributed by atoms with Gasteiger partial charge in [-0.1, -0.05) is 224 Å². The van der Waals surface area contributed by atoms with Gasteiger partial charge in [-0.25, -0.2) is 0 Å². The van der Waals surface area contributed by atoms with Gasteiger partial charge < -0.3 is 20.6 Å². The summed E-state index contributed by atoms with van der Waals surface area (Å²) in [5, 5.41) is 33.2. The van der Waals surface area contributed by atoms with Crippen LogP contribution >= 0.6 is 0 Å². The van der Waals surface area contributed by atoms with Crippen molar-refractivity contribution < 1.29 is 20.1 Å². The first-order chi connectivity index (χ1) is 26.0. The highest BCUT2D eigenvalue weighted by molar-refractivity contribution is 5.76. The van der Waals surface area contributed by atoms with Gasteiger partial charge in [-0.15, -0.1) is 0 Å². The summed E-state index contributed by atoms with van der Waals surface area (Å²) in [5.74, 6) is -0.328. The maximum atomic E-state index is 12.4. The number of hydrogen-bond donors (Lipinski definition) is 4. The fraction of sp³-hybridized carbons (Fsp3) is 0.854. The van der Waals surface area contributed by atoms with Crippen molar-refractivity contribution in [2.45, 2.75) is 257 Å². The molecule has 0 aromatic carbocycles. The summed E-state index contributed by atoms with van der Waals surface area (Å²) >= 11 is 0. The van der Waals surface area contributed by atoms with E-state index in [2.05, 4.69) is 43.5 Å². The highest BCUT2D eigenvalue weighted by atomic mass is 16.3. The van der Waals surface area contributed by atoms with E-state index in [0.717, 1.165) is 38.5 Å². The molecule has 0 heterocycles. The molecular formula is C48H91NO4. The molecule has 3 unspecified atom stereocenters. The van der Waals surface area contributed by atoms with Crippen LogP contribution in [-0.2, 0) is 4.79 Å². The first-order valence-electron chi connectivity index (χ1n) is 23.3. The van der Waals surface area contributed by atoms with E-state index in [1.54, 1.807) is 6.08 Å². The number of carbonyl (C=O) groups is 1. The minimum atomic E-state index is -0.957. The van der Waals surface area contributed by atoms with Crippen LogP contribution in [0.15, 0.2) is 36.5 Å². The number of nitrogens with one attached hydrogen (secondary N) is 1. The minimum Gasteiger partial charge on any atom is -0.394 e. The van der Waals surface area contributed by atoms with Crippen molar-refractivity contribution in [3.63, 3.8) is 0 Å². The lowest BCUT2D eigenvalue weighted by Crippen LogP contribution is -2.45. The molecule has 0 spiro atoms. The molecule has 5 nitrogen and oxygen atoms in total. The monoisotopic (exact) mass is 746 g/mol. The molecule has 0 saturated heterocycles. The topological polar surface area (TPSA) is 89.8 Å². The van der Waals surface area contributed by atoms with Gasteiger partial charge >= 0.3 is 0 Å². The molecule has 0 rings (SSSR count). The van der Waals surface area contributed by atoms with Crippen LogP contribution in [0.4, 0.5) is 0 Å². The molecule has 0 aliphatic carbocycles. The van der Waals surface area contributed by atoms with Crippen LogP contribution in [0.25, 0.3) is 0 Å². The van der Waals surface area contributed by atoms with Crippen LogP contribution in [-0.4, -0.2) is 46.1 Å². The molecule has 0 aliphatic heterocycles. The van der Waals surface area contributed by atoms with Crippen LogP contribution in [0.2, 0.25) is 0 Å². The molecule has 3 atom stereocenters. The average Bonchev–Trinajstić information content (AvgIpc) is 3.15. The molecule has 4 N–H and O–H groups in total. The molecule has 0 radical (unpaired) electrons. The van der Waals surface area contributed by atoms with Crippen molar-refractivity contribution in [2.24, 2.45) is 0 Å². The fourth-order valence-electron chi connectivity index (χ4n) is 7.08. The molecule has 5 heteroatoms.